The first-order chi connectivity index (χ1) is 8.75. The highest BCUT2D eigenvalue weighted by atomic mass is 14.7. The van der Waals surface area contributed by atoms with Gasteiger partial charge in [0.2, 0.25) is 0 Å². The number of hydrogen-bond acceptors (Lipinski definition) is 3. The Balaban J connectivity index is 2.23. The lowest BCUT2D eigenvalue weighted by molar-refractivity contribution is 1.32. The molecule has 0 aliphatic heterocycles. The molecule has 0 spiro atoms. The van der Waals surface area contributed by atoms with Crippen LogP contribution in [0, 0.1) is 6.92 Å². The number of aryl methyl sites for hydroxylation is 1. The number of rotatable bonds is 1. The molecule has 2 aromatic heterocycles. The highest BCUT2D eigenvalue weighted by molar-refractivity contribution is 5.87. The van der Waals surface area contributed by atoms with Gasteiger partial charge in [-0.05, 0) is 24.6 Å². The van der Waals surface area contributed by atoms with Crippen LogP contribution in [0.1, 0.15) is 5.56 Å². The molecule has 1 aromatic carbocycles. The molecule has 2 N–H and O–H groups in total. The molecule has 3 rings (SSSR count). The van der Waals surface area contributed by atoms with E-state index in [0.717, 1.165) is 22.0 Å². The van der Waals surface area contributed by atoms with Gasteiger partial charge in [0.15, 0.2) is 0 Å². The van der Waals surface area contributed by atoms with Gasteiger partial charge in [0.05, 0.1) is 17.4 Å². The van der Waals surface area contributed by atoms with Crippen molar-refractivity contribution in [2.45, 2.75) is 6.92 Å². The van der Waals surface area contributed by atoms with E-state index in [1.165, 1.54) is 5.56 Å². The van der Waals surface area contributed by atoms with Crippen LogP contribution in [-0.4, -0.2) is 9.97 Å². The fourth-order valence-electron chi connectivity index (χ4n) is 2.13. The fraction of sp³-hybridized carbons (Fsp3) is 0.0667. The minimum absolute atomic E-state index is 0.673. The average molecular weight is 235 g/mol. The van der Waals surface area contributed by atoms with E-state index in [4.69, 9.17) is 5.73 Å². The van der Waals surface area contributed by atoms with Crippen LogP contribution in [0.5, 0.6) is 0 Å². The van der Waals surface area contributed by atoms with Crippen molar-refractivity contribution in [3.05, 3.63) is 54.5 Å². The van der Waals surface area contributed by atoms with Crippen LogP contribution in [0.3, 0.4) is 0 Å². The number of pyridine rings is 2. The largest absolute Gasteiger partial charge is 0.397 e. The maximum Gasteiger partial charge on any atom is 0.0731 e. The molecule has 0 unspecified atom stereocenters. The number of nitrogens with zero attached hydrogens (tertiary/aromatic N) is 2. The monoisotopic (exact) mass is 235 g/mol. The molecule has 88 valence electrons. The van der Waals surface area contributed by atoms with Gasteiger partial charge in [-0.2, -0.15) is 0 Å². The Kier molecular flexibility index (Phi) is 2.45. The van der Waals surface area contributed by atoms with Crippen molar-refractivity contribution < 1.29 is 0 Å². The zero-order valence-corrected chi connectivity index (χ0v) is 10.1. The molecule has 0 bridgehead atoms. The second-order valence-corrected chi connectivity index (χ2v) is 4.33. The lowest BCUT2D eigenvalue weighted by Gasteiger charge is -2.07. The van der Waals surface area contributed by atoms with E-state index in [-0.39, 0.29) is 0 Å². The maximum atomic E-state index is 5.94. The fourth-order valence-corrected chi connectivity index (χ4v) is 2.13. The summed E-state index contributed by atoms with van der Waals surface area (Å²) in [6, 6.07) is 10.2. The van der Waals surface area contributed by atoms with Gasteiger partial charge in [0, 0.05) is 28.9 Å². The van der Waals surface area contributed by atoms with E-state index in [9.17, 15) is 0 Å². The van der Waals surface area contributed by atoms with Crippen LogP contribution in [0.2, 0.25) is 0 Å². The van der Waals surface area contributed by atoms with Gasteiger partial charge in [-0.3, -0.25) is 9.97 Å². The van der Waals surface area contributed by atoms with Crippen LogP contribution in [0.4, 0.5) is 5.69 Å². The predicted molar refractivity (Wildman–Crippen MR) is 74.1 cm³/mol. The summed E-state index contributed by atoms with van der Waals surface area (Å²) in [5.74, 6) is 0. The van der Waals surface area contributed by atoms with Crippen LogP contribution < -0.4 is 5.73 Å². The van der Waals surface area contributed by atoms with Crippen molar-refractivity contribution in [3.8, 4) is 11.1 Å². The third-order valence-corrected chi connectivity index (χ3v) is 3.08. The van der Waals surface area contributed by atoms with Crippen molar-refractivity contribution in [1.29, 1.82) is 0 Å². The zero-order valence-electron chi connectivity index (χ0n) is 10.1. The Bertz CT molecular complexity index is 720. The van der Waals surface area contributed by atoms with E-state index in [2.05, 4.69) is 35.1 Å². The highest BCUT2D eigenvalue weighted by Crippen LogP contribution is 2.27. The van der Waals surface area contributed by atoms with Gasteiger partial charge in [0.25, 0.3) is 0 Å². The van der Waals surface area contributed by atoms with Gasteiger partial charge in [-0.1, -0.05) is 18.2 Å². The number of anilines is 1. The number of hydrogen-bond donors (Lipinski definition) is 1. The molecule has 0 aliphatic carbocycles. The summed E-state index contributed by atoms with van der Waals surface area (Å²) >= 11 is 0. The number of fused-ring (bicyclic) bond motifs is 1. The summed E-state index contributed by atoms with van der Waals surface area (Å²) < 4.78 is 0. The Morgan fingerprint density at radius 2 is 2.00 bits per heavy atom. The molecule has 3 heteroatoms. The smallest absolute Gasteiger partial charge is 0.0731 e. The minimum Gasteiger partial charge on any atom is -0.397 e. The zero-order chi connectivity index (χ0) is 12.5. The van der Waals surface area contributed by atoms with E-state index in [0.29, 0.717) is 5.69 Å². The van der Waals surface area contributed by atoms with E-state index in [1.54, 1.807) is 12.4 Å². The van der Waals surface area contributed by atoms with Gasteiger partial charge in [0.1, 0.15) is 0 Å². The lowest BCUT2D eigenvalue weighted by atomic mass is 10.0. The van der Waals surface area contributed by atoms with E-state index < -0.39 is 0 Å². The van der Waals surface area contributed by atoms with Crippen molar-refractivity contribution in [3.63, 3.8) is 0 Å². The lowest BCUT2D eigenvalue weighted by Crippen LogP contribution is -1.92. The predicted octanol–water partition coefficient (Wildman–Crippen LogP) is 3.19. The van der Waals surface area contributed by atoms with E-state index in [1.807, 2.05) is 18.3 Å². The van der Waals surface area contributed by atoms with Crippen LogP contribution in [0.25, 0.3) is 22.0 Å². The first-order valence-corrected chi connectivity index (χ1v) is 5.81. The molecule has 0 radical (unpaired) electrons. The molecule has 0 atom stereocenters. The summed E-state index contributed by atoms with van der Waals surface area (Å²) in [6.45, 7) is 2.07. The molecular formula is C15H13N3. The summed E-state index contributed by atoms with van der Waals surface area (Å²) in [5.41, 5.74) is 10.8. The standard InChI is InChI=1S/C15H13N3/c1-10-3-2-4-11-7-12(8-18-15(10)11)13-5-6-17-9-14(13)16/h2-9H,16H2,1H3. The Hall–Kier alpha value is -2.42. The van der Waals surface area contributed by atoms with Crippen LogP contribution in [-0.2, 0) is 0 Å². The molecule has 0 fully saturated rings. The van der Waals surface area contributed by atoms with Gasteiger partial charge in [-0.25, -0.2) is 0 Å². The van der Waals surface area contributed by atoms with E-state index >= 15 is 0 Å². The second-order valence-electron chi connectivity index (χ2n) is 4.33. The third kappa shape index (κ3) is 1.70. The van der Waals surface area contributed by atoms with Gasteiger partial charge < -0.3 is 5.73 Å². The molecule has 3 aromatic rings. The highest BCUT2D eigenvalue weighted by Gasteiger charge is 2.05. The number of benzene rings is 1. The quantitative estimate of drug-likeness (QED) is 0.704. The normalized spacial score (nSPS) is 10.7. The molecule has 0 saturated carbocycles. The van der Waals surface area contributed by atoms with Crippen molar-refractivity contribution in [2.24, 2.45) is 0 Å². The molecule has 3 nitrogen and oxygen atoms in total. The second kappa shape index (κ2) is 4.11. The average Bonchev–Trinajstić information content (AvgIpc) is 2.39. The Labute approximate surface area is 105 Å². The summed E-state index contributed by atoms with van der Waals surface area (Å²) in [7, 11) is 0. The summed E-state index contributed by atoms with van der Waals surface area (Å²) in [6.07, 6.45) is 5.27. The molecule has 18 heavy (non-hydrogen) atoms. The van der Waals surface area contributed by atoms with Crippen molar-refractivity contribution in [1.82, 2.24) is 9.97 Å². The van der Waals surface area contributed by atoms with Gasteiger partial charge in [-0.15, -0.1) is 0 Å². The molecular weight excluding hydrogens is 222 g/mol. The van der Waals surface area contributed by atoms with Crippen molar-refractivity contribution >= 4 is 16.6 Å². The molecule has 2 heterocycles. The number of nitrogens with two attached hydrogens (primary N) is 1. The van der Waals surface area contributed by atoms with Crippen molar-refractivity contribution in [2.75, 3.05) is 5.73 Å². The Morgan fingerprint density at radius 1 is 1.11 bits per heavy atom. The summed E-state index contributed by atoms with van der Waals surface area (Å²) in [4.78, 5) is 8.52. The van der Waals surface area contributed by atoms with Gasteiger partial charge >= 0.3 is 0 Å². The third-order valence-electron chi connectivity index (χ3n) is 3.08. The number of nitrogen functional groups attached to an aromatic ring is 1. The summed E-state index contributed by atoms with van der Waals surface area (Å²) in [5, 5.41) is 1.13. The first kappa shape index (κ1) is 10.7. The topological polar surface area (TPSA) is 51.8 Å². The first-order valence-electron chi connectivity index (χ1n) is 5.81. The molecule has 0 saturated heterocycles. The number of para-hydroxylation sites is 1. The minimum atomic E-state index is 0.673. The maximum absolute atomic E-state index is 5.94. The SMILES string of the molecule is Cc1cccc2cc(-c3ccncc3N)cnc12. The van der Waals surface area contributed by atoms with Crippen LogP contribution in [0.15, 0.2) is 48.9 Å². The Morgan fingerprint density at radius 3 is 2.83 bits per heavy atom. The number of aromatic nitrogens is 2. The molecule has 0 aliphatic rings. The van der Waals surface area contributed by atoms with Crippen LogP contribution >= 0.6 is 0 Å². The molecule has 0 amide bonds.